The van der Waals surface area contributed by atoms with Crippen LogP contribution in [-0.2, 0) is 12.3 Å². The lowest BCUT2D eigenvalue weighted by atomic mass is 10.2. The highest BCUT2D eigenvalue weighted by Crippen LogP contribution is 2.20. The van der Waals surface area contributed by atoms with Gasteiger partial charge in [0.25, 0.3) is 0 Å². The maximum Gasteiger partial charge on any atom is 0.209 e. The normalized spacial score (nSPS) is 11.2. The van der Waals surface area contributed by atoms with E-state index in [2.05, 4.69) is 81.5 Å². The minimum atomic E-state index is 0.661. The Bertz CT molecular complexity index is 541. The molecular formula is C14H20IN5S. The number of tetrazole rings is 1. The average Bonchev–Trinajstić information content (AvgIpc) is 2.90. The van der Waals surface area contributed by atoms with Crippen LogP contribution in [0.3, 0.4) is 0 Å². The van der Waals surface area contributed by atoms with E-state index in [-0.39, 0.29) is 0 Å². The molecule has 0 amide bonds. The van der Waals surface area contributed by atoms with Gasteiger partial charge in [-0.05, 0) is 63.2 Å². The van der Waals surface area contributed by atoms with Gasteiger partial charge in [0.1, 0.15) is 0 Å². The van der Waals surface area contributed by atoms with E-state index in [9.17, 15) is 0 Å². The number of thioether (sulfide) groups is 1. The topological polar surface area (TPSA) is 55.6 Å². The summed E-state index contributed by atoms with van der Waals surface area (Å²) in [7, 11) is 0. The van der Waals surface area contributed by atoms with Crippen molar-refractivity contribution in [2.24, 2.45) is 5.92 Å². The van der Waals surface area contributed by atoms with Crippen molar-refractivity contribution in [2.45, 2.75) is 31.3 Å². The van der Waals surface area contributed by atoms with Gasteiger partial charge in [-0.3, -0.25) is 0 Å². The molecule has 7 heteroatoms. The highest BCUT2D eigenvalue weighted by molar-refractivity contribution is 14.1. The molecule has 0 fully saturated rings. The van der Waals surface area contributed by atoms with E-state index in [0.29, 0.717) is 5.92 Å². The van der Waals surface area contributed by atoms with Gasteiger partial charge in [-0.15, -0.1) is 5.10 Å². The van der Waals surface area contributed by atoms with Crippen LogP contribution < -0.4 is 5.32 Å². The highest BCUT2D eigenvalue weighted by Gasteiger charge is 2.07. The fourth-order valence-electron chi connectivity index (χ4n) is 1.74. The molecule has 2 rings (SSSR count). The zero-order valence-electron chi connectivity index (χ0n) is 12.3. The second kappa shape index (κ2) is 8.70. The summed E-state index contributed by atoms with van der Waals surface area (Å²) in [6.45, 7) is 7.11. The maximum absolute atomic E-state index is 4.10. The van der Waals surface area contributed by atoms with Crippen LogP contribution in [0, 0.1) is 9.49 Å². The van der Waals surface area contributed by atoms with Gasteiger partial charge in [-0.2, -0.15) is 0 Å². The molecule has 0 unspecified atom stereocenters. The molecule has 1 heterocycles. The standard InChI is InChI=1S/C14H20IN5S/c1-11(2)9-16-7-8-20-14(17-18-19-20)21-10-12-3-5-13(15)6-4-12/h3-6,11,16H,7-10H2,1-2H3. The van der Waals surface area contributed by atoms with Crippen LogP contribution in [0.4, 0.5) is 0 Å². The minimum Gasteiger partial charge on any atom is -0.315 e. The molecule has 114 valence electrons. The number of hydrogen-bond donors (Lipinski definition) is 1. The molecule has 1 N–H and O–H groups in total. The van der Waals surface area contributed by atoms with E-state index in [1.54, 1.807) is 11.8 Å². The second-order valence-corrected chi connectivity index (χ2v) is 7.39. The quantitative estimate of drug-likeness (QED) is 0.407. The Hall–Kier alpha value is -0.670. The molecule has 21 heavy (non-hydrogen) atoms. The van der Waals surface area contributed by atoms with Crippen LogP contribution in [0.25, 0.3) is 0 Å². The Balaban J connectivity index is 1.81. The number of nitrogens with one attached hydrogen (secondary N) is 1. The largest absolute Gasteiger partial charge is 0.315 e. The number of benzene rings is 1. The van der Waals surface area contributed by atoms with Crippen LogP contribution in [0.15, 0.2) is 29.4 Å². The van der Waals surface area contributed by atoms with Gasteiger partial charge in [0.15, 0.2) is 0 Å². The van der Waals surface area contributed by atoms with Crippen molar-refractivity contribution in [3.05, 3.63) is 33.4 Å². The van der Waals surface area contributed by atoms with Gasteiger partial charge >= 0.3 is 0 Å². The zero-order chi connectivity index (χ0) is 15.1. The summed E-state index contributed by atoms with van der Waals surface area (Å²) >= 11 is 3.99. The van der Waals surface area contributed by atoms with Gasteiger partial charge in [0, 0.05) is 15.9 Å². The van der Waals surface area contributed by atoms with Crippen molar-refractivity contribution < 1.29 is 0 Å². The molecule has 5 nitrogen and oxygen atoms in total. The molecule has 0 aliphatic carbocycles. The molecule has 0 aliphatic rings. The minimum absolute atomic E-state index is 0.661. The van der Waals surface area contributed by atoms with Crippen LogP contribution >= 0.6 is 34.4 Å². The highest BCUT2D eigenvalue weighted by atomic mass is 127. The molecule has 1 aromatic heterocycles. The van der Waals surface area contributed by atoms with E-state index in [0.717, 1.165) is 30.5 Å². The smallest absolute Gasteiger partial charge is 0.209 e. The first kappa shape index (κ1) is 16.7. The van der Waals surface area contributed by atoms with Crippen molar-refractivity contribution in [2.75, 3.05) is 13.1 Å². The molecular weight excluding hydrogens is 397 g/mol. The molecule has 0 radical (unpaired) electrons. The van der Waals surface area contributed by atoms with Gasteiger partial charge < -0.3 is 5.32 Å². The third kappa shape index (κ3) is 5.91. The van der Waals surface area contributed by atoms with Crippen molar-refractivity contribution in [3.8, 4) is 0 Å². The summed E-state index contributed by atoms with van der Waals surface area (Å²) in [5.41, 5.74) is 1.29. The first-order valence-corrected chi connectivity index (χ1v) is 9.05. The molecule has 2 aromatic rings. The maximum atomic E-state index is 4.10. The lowest BCUT2D eigenvalue weighted by molar-refractivity contribution is 0.482. The average molecular weight is 417 g/mol. The number of hydrogen-bond acceptors (Lipinski definition) is 5. The Morgan fingerprint density at radius 3 is 2.76 bits per heavy atom. The molecule has 0 atom stereocenters. The predicted octanol–water partition coefficient (Wildman–Crippen LogP) is 2.82. The van der Waals surface area contributed by atoms with Crippen molar-refractivity contribution in [1.29, 1.82) is 0 Å². The van der Waals surface area contributed by atoms with E-state index in [4.69, 9.17) is 0 Å². The van der Waals surface area contributed by atoms with E-state index >= 15 is 0 Å². The van der Waals surface area contributed by atoms with Gasteiger partial charge in [0.05, 0.1) is 6.54 Å². The SMILES string of the molecule is CC(C)CNCCn1nnnc1SCc1ccc(I)cc1. The lowest BCUT2D eigenvalue weighted by Crippen LogP contribution is -2.24. The van der Waals surface area contributed by atoms with Gasteiger partial charge in [-0.25, -0.2) is 4.68 Å². The molecule has 0 bridgehead atoms. The first-order chi connectivity index (χ1) is 10.1. The Kier molecular flexibility index (Phi) is 6.91. The van der Waals surface area contributed by atoms with E-state index in [1.165, 1.54) is 9.13 Å². The van der Waals surface area contributed by atoms with Crippen molar-refractivity contribution >= 4 is 34.4 Å². The fourth-order valence-corrected chi connectivity index (χ4v) is 2.96. The summed E-state index contributed by atoms with van der Waals surface area (Å²) in [4.78, 5) is 0. The van der Waals surface area contributed by atoms with Crippen LogP contribution in [0.5, 0.6) is 0 Å². The Labute approximate surface area is 143 Å². The van der Waals surface area contributed by atoms with Crippen LogP contribution in [0.2, 0.25) is 0 Å². The zero-order valence-corrected chi connectivity index (χ0v) is 15.3. The fraction of sp³-hybridized carbons (Fsp3) is 0.500. The Morgan fingerprint density at radius 2 is 2.05 bits per heavy atom. The lowest BCUT2D eigenvalue weighted by Gasteiger charge is -2.08. The first-order valence-electron chi connectivity index (χ1n) is 6.99. The third-order valence-corrected chi connectivity index (χ3v) is 4.58. The monoisotopic (exact) mass is 417 g/mol. The van der Waals surface area contributed by atoms with Gasteiger partial charge in [-0.1, -0.05) is 37.7 Å². The summed E-state index contributed by atoms with van der Waals surface area (Å²) in [5, 5.41) is 16.2. The summed E-state index contributed by atoms with van der Waals surface area (Å²) < 4.78 is 3.12. The molecule has 1 aromatic carbocycles. The third-order valence-electron chi connectivity index (χ3n) is 2.83. The molecule has 0 spiro atoms. The molecule has 0 aliphatic heterocycles. The van der Waals surface area contributed by atoms with Crippen molar-refractivity contribution in [1.82, 2.24) is 25.5 Å². The molecule has 0 saturated heterocycles. The summed E-state index contributed by atoms with van der Waals surface area (Å²) in [6, 6.07) is 8.53. The van der Waals surface area contributed by atoms with E-state index in [1.807, 2.05) is 4.68 Å². The van der Waals surface area contributed by atoms with E-state index < -0.39 is 0 Å². The van der Waals surface area contributed by atoms with Gasteiger partial charge in [0.2, 0.25) is 5.16 Å². The number of aromatic nitrogens is 4. The number of rotatable bonds is 8. The number of halogens is 1. The van der Waals surface area contributed by atoms with Crippen molar-refractivity contribution in [3.63, 3.8) is 0 Å². The van der Waals surface area contributed by atoms with Crippen LogP contribution in [-0.4, -0.2) is 33.3 Å². The number of nitrogens with zero attached hydrogens (tertiary/aromatic N) is 4. The molecule has 0 saturated carbocycles. The Morgan fingerprint density at radius 1 is 1.29 bits per heavy atom. The predicted molar refractivity (Wildman–Crippen MR) is 94.2 cm³/mol. The van der Waals surface area contributed by atoms with Crippen LogP contribution in [0.1, 0.15) is 19.4 Å². The second-order valence-electron chi connectivity index (χ2n) is 5.20. The summed E-state index contributed by atoms with van der Waals surface area (Å²) in [6.07, 6.45) is 0. The summed E-state index contributed by atoms with van der Waals surface area (Å²) in [5.74, 6) is 1.55.